The second-order valence-electron chi connectivity index (χ2n) is 5.89. The average Bonchev–Trinajstić information content (AvgIpc) is 2.92. The molecule has 0 bridgehead atoms. The summed E-state index contributed by atoms with van der Waals surface area (Å²) in [6, 6.07) is 13.5. The normalized spacial score (nSPS) is 12.0. The fraction of sp³-hybridized carbons (Fsp3) is 0.316. The van der Waals surface area contributed by atoms with Gasteiger partial charge in [-0.2, -0.15) is 13.2 Å². The number of benzene rings is 2. The predicted molar refractivity (Wildman–Crippen MR) is 90.5 cm³/mol. The number of hydrogen-bond donors (Lipinski definition) is 0. The summed E-state index contributed by atoms with van der Waals surface area (Å²) >= 11 is 0. The minimum absolute atomic E-state index is 0.373. The molecular formula is C19H19F3N2O. The van der Waals surface area contributed by atoms with E-state index in [2.05, 4.69) is 4.98 Å². The average molecular weight is 348 g/mol. The highest BCUT2D eigenvalue weighted by Gasteiger charge is 2.31. The van der Waals surface area contributed by atoms with Gasteiger partial charge in [-0.1, -0.05) is 30.3 Å². The van der Waals surface area contributed by atoms with Gasteiger partial charge in [0.2, 0.25) is 0 Å². The first-order valence-corrected chi connectivity index (χ1v) is 8.08. The van der Waals surface area contributed by atoms with E-state index in [1.807, 2.05) is 34.9 Å². The van der Waals surface area contributed by atoms with Crippen molar-refractivity contribution in [2.24, 2.45) is 0 Å². The Labute approximate surface area is 144 Å². The Kier molecular flexibility index (Phi) is 5.08. The number of rotatable bonds is 6. The second-order valence-corrected chi connectivity index (χ2v) is 5.89. The highest BCUT2D eigenvalue weighted by atomic mass is 19.4. The van der Waals surface area contributed by atoms with Crippen LogP contribution in [-0.2, 0) is 23.9 Å². The van der Waals surface area contributed by atoms with Crippen molar-refractivity contribution in [3.8, 4) is 0 Å². The molecule has 3 rings (SSSR count). The molecule has 0 fully saturated rings. The van der Waals surface area contributed by atoms with Gasteiger partial charge in [0, 0.05) is 26.7 Å². The number of alkyl halides is 3. The Hall–Kier alpha value is -2.34. The Bertz CT molecular complexity index is 841. The molecule has 6 heteroatoms. The first-order chi connectivity index (χ1) is 12.0. The zero-order valence-corrected chi connectivity index (χ0v) is 13.9. The molecule has 0 radical (unpaired) electrons. The fourth-order valence-corrected chi connectivity index (χ4v) is 2.89. The molecule has 0 aliphatic carbocycles. The van der Waals surface area contributed by atoms with Gasteiger partial charge in [-0.25, -0.2) is 4.98 Å². The summed E-state index contributed by atoms with van der Waals surface area (Å²) in [6.45, 7) is 1.24. The third-order valence-electron chi connectivity index (χ3n) is 4.09. The second kappa shape index (κ2) is 7.27. The van der Waals surface area contributed by atoms with Crippen LogP contribution in [0.4, 0.5) is 13.2 Å². The molecule has 0 aliphatic rings. The van der Waals surface area contributed by atoms with Crippen LogP contribution in [0.2, 0.25) is 0 Å². The molecule has 0 amide bonds. The summed E-state index contributed by atoms with van der Waals surface area (Å²) < 4.78 is 46.0. The number of methoxy groups -OCH3 is 1. The minimum atomic E-state index is -4.37. The molecule has 1 heterocycles. The molecule has 2 aromatic carbocycles. The van der Waals surface area contributed by atoms with Crippen molar-refractivity contribution in [2.45, 2.75) is 25.6 Å². The first-order valence-electron chi connectivity index (χ1n) is 8.08. The molecule has 3 nitrogen and oxygen atoms in total. The fourth-order valence-electron chi connectivity index (χ4n) is 2.89. The quantitative estimate of drug-likeness (QED) is 0.605. The summed E-state index contributed by atoms with van der Waals surface area (Å²) in [5.41, 5.74) is 1.49. The van der Waals surface area contributed by atoms with Gasteiger partial charge in [-0.3, -0.25) is 0 Å². The zero-order chi connectivity index (χ0) is 17.9. The van der Waals surface area contributed by atoms with E-state index in [9.17, 15) is 13.2 Å². The lowest BCUT2D eigenvalue weighted by Gasteiger charge is -2.10. The lowest BCUT2D eigenvalue weighted by atomic mass is 10.1. The van der Waals surface area contributed by atoms with E-state index in [1.54, 1.807) is 7.11 Å². The van der Waals surface area contributed by atoms with Crippen LogP contribution in [0.3, 0.4) is 0 Å². The van der Waals surface area contributed by atoms with E-state index >= 15 is 0 Å². The van der Waals surface area contributed by atoms with Crippen LogP contribution in [0.5, 0.6) is 0 Å². The van der Waals surface area contributed by atoms with Gasteiger partial charge < -0.3 is 9.30 Å². The maximum atomic E-state index is 13.0. The van der Waals surface area contributed by atoms with Crippen LogP contribution in [0.15, 0.2) is 48.5 Å². The standard InChI is InChI=1S/C19H19F3N2O/c1-25-11-5-10-24-17-9-8-15(19(20,21)22)13-16(17)23-18(24)12-14-6-3-2-4-7-14/h2-4,6-9,13H,5,10-12H2,1H3. The summed E-state index contributed by atoms with van der Waals surface area (Å²) in [5.74, 6) is 0.761. The van der Waals surface area contributed by atoms with Crippen molar-refractivity contribution in [3.05, 3.63) is 65.5 Å². The van der Waals surface area contributed by atoms with Crippen LogP contribution in [0.1, 0.15) is 23.4 Å². The van der Waals surface area contributed by atoms with Crippen molar-refractivity contribution < 1.29 is 17.9 Å². The molecule has 3 aromatic rings. The Balaban J connectivity index is 2.01. The van der Waals surface area contributed by atoms with Crippen molar-refractivity contribution in [1.29, 1.82) is 0 Å². The number of nitrogens with zero attached hydrogens (tertiary/aromatic N) is 2. The van der Waals surface area contributed by atoms with Gasteiger partial charge in [0.05, 0.1) is 16.6 Å². The highest BCUT2D eigenvalue weighted by molar-refractivity contribution is 5.77. The first kappa shape index (κ1) is 17.5. The van der Waals surface area contributed by atoms with Crippen molar-refractivity contribution in [1.82, 2.24) is 9.55 Å². The molecule has 0 unspecified atom stereocenters. The van der Waals surface area contributed by atoms with Gasteiger partial charge in [0.25, 0.3) is 0 Å². The van der Waals surface area contributed by atoms with Crippen molar-refractivity contribution >= 4 is 11.0 Å². The lowest BCUT2D eigenvalue weighted by molar-refractivity contribution is -0.137. The number of aryl methyl sites for hydroxylation is 1. The number of ether oxygens (including phenoxy) is 1. The Morgan fingerprint density at radius 3 is 2.52 bits per heavy atom. The summed E-state index contributed by atoms with van der Waals surface area (Å²) in [7, 11) is 1.63. The number of halogens is 3. The molecular weight excluding hydrogens is 329 g/mol. The van der Waals surface area contributed by atoms with Crippen molar-refractivity contribution in [3.63, 3.8) is 0 Å². The van der Waals surface area contributed by atoms with Crippen LogP contribution < -0.4 is 0 Å². The molecule has 0 saturated carbocycles. The predicted octanol–water partition coefficient (Wildman–Crippen LogP) is 4.68. The smallest absolute Gasteiger partial charge is 0.385 e. The molecule has 25 heavy (non-hydrogen) atoms. The maximum Gasteiger partial charge on any atom is 0.416 e. The summed E-state index contributed by atoms with van der Waals surface area (Å²) in [5, 5.41) is 0. The van der Waals surface area contributed by atoms with E-state index in [1.165, 1.54) is 6.07 Å². The van der Waals surface area contributed by atoms with Gasteiger partial charge in [-0.05, 0) is 30.2 Å². The SMILES string of the molecule is COCCCn1c(Cc2ccccc2)nc2cc(C(F)(F)F)ccc21. The Morgan fingerprint density at radius 2 is 1.84 bits per heavy atom. The minimum Gasteiger partial charge on any atom is -0.385 e. The molecule has 0 saturated heterocycles. The maximum absolute atomic E-state index is 13.0. The molecule has 0 spiro atoms. The monoisotopic (exact) mass is 348 g/mol. The highest BCUT2D eigenvalue weighted by Crippen LogP contribution is 2.31. The number of aromatic nitrogens is 2. The van der Waals surface area contributed by atoms with E-state index in [0.29, 0.717) is 25.1 Å². The Morgan fingerprint density at radius 1 is 1.08 bits per heavy atom. The van der Waals surface area contributed by atoms with E-state index in [-0.39, 0.29) is 0 Å². The number of fused-ring (bicyclic) bond motifs is 1. The van der Waals surface area contributed by atoms with E-state index in [4.69, 9.17) is 4.74 Å². The van der Waals surface area contributed by atoms with Gasteiger partial charge in [-0.15, -0.1) is 0 Å². The third-order valence-corrected chi connectivity index (χ3v) is 4.09. The number of imidazole rings is 1. The van der Waals surface area contributed by atoms with Crippen LogP contribution in [-0.4, -0.2) is 23.3 Å². The van der Waals surface area contributed by atoms with Gasteiger partial charge in [0.1, 0.15) is 5.82 Å². The number of hydrogen-bond acceptors (Lipinski definition) is 2. The summed E-state index contributed by atoms with van der Waals surface area (Å²) in [4.78, 5) is 4.48. The molecule has 0 aliphatic heterocycles. The molecule has 0 atom stereocenters. The van der Waals surface area contributed by atoms with E-state index in [0.717, 1.165) is 35.5 Å². The van der Waals surface area contributed by atoms with E-state index < -0.39 is 11.7 Å². The van der Waals surface area contributed by atoms with Crippen LogP contribution >= 0.6 is 0 Å². The largest absolute Gasteiger partial charge is 0.416 e. The lowest BCUT2D eigenvalue weighted by Crippen LogP contribution is -2.07. The van der Waals surface area contributed by atoms with Crippen molar-refractivity contribution in [2.75, 3.05) is 13.7 Å². The summed E-state index contributed by atoms with van der Waals surface area (Å²) in [6.07, 6.45) is -3.03. The topological polar surface area (TPSA) is 27.1 Å². The third kappa shape index (κ3) is 4.02. The molecule has 132 valence electrons. The molecule has 0 N–H and O–H groups in total. The van der Waals surface area contributed by atoms with Gasteiger partial charge >= 0.3 is 6.18 Å². The molecule has 1 aromatic heterocycles. The van der Waals surface area contributed by atoms with Crippen LogP contribution in [0, 0.1) is 0 Å². The van der Waals surface area contributed by atoms with Gasteiger partial charge in [0.15, 0.2) is 0 Å². The van der Waals surface area contributed by atoms with Crippen LogP contribution in [0.25, 0.3) is 11.0 Å². The zero-order valence-electron chi connectivity index (χ0n) is 13.9.